The first-order chi connectivity index (χ1) is 13.2. The van der Waals surface area contributed by atoms with Crippen molar-refractivity contribution in [2.45, 2.75) is 32.6 Å². The van der Waals surface area contributed by atoms with E-state index in [0.29, 0.717) is 22.7 Å². The summed E-state index contributed by atoms with van der Waals surface area (Å²) in [4.78, 5) is 24.4. The highest BCUT2D eigenvalue weighted by Gasteiger charge is 2.14. The van der Waals surface area contributed by atoms with Gasteiger partial charge in [0.2, 0.25) is 5.91 Å². The van der Waals surface area contributed by atoms with Crippen molar-refractivity contribution in [2.24, 2.45) is 0 Å². The monoisotopic (exact) mass is 384 g/mol. The molecule has 2 rings (SSSR count). The van der Waals surface area contributed by atoms with Crippen molar-refractivity contribution in [2.75, 3.05) is 26.1 Å². The molecule has 0 aliphatic carbocycles. The summed E-state index contributed by atoms with van der Waals surface area (Å²) in [6, 6.07) is 12.7. The predicted molar refractivity (Wildman–Crippen MR) is 110 cm³/mol. The fraction of sp³-hybridized carbons (Fsp3) is 0.364. The first-order valence-electron chi connectivity index (χ1n) is 9.14. The number of hydrogen-bond donors (Lipinski definition) is 2. The average Bonchev–Trinajstić information content (AvgIpc) is 2.66. The van der Waals surface area contributed by atoms with E-state index in [4.69, 9.17) is 9.47 Å². The zero-order chi connectivity index (χ0) is 20.7. The molecule has 2 N–H and O–H groups in total. The van der Waals surface area contributed by atoms with Crippen molar-refractivity contribution < 1.29 is 19.1 Å². The molecule has 6 heteroatoms. The van der Waals surface area contributed by atoms with Gasteiger partial charge in [0.25, 0.3) is 5.91 Å². The van der Waals surface area contributed by atoms with E-state index < -0.39 is 0 Å². The minimum absolute atomic E-state index is 0.0376. The molecule has 0 heterocycles. The molecule has 0 atom stereocenters. The molecule has 0 bridgehead atoms. The Balaban J connectivity index is 1.86. The van der Waals surface area contributed by atoms with Gasteiger partial charge in [-0.1, -0.05) is 32.9 Å². The van der Waals surface area contributed by atoms with Crippen molar-refractivity contribution >= 4 is 17.5 Å². The number of hydrogen-bond acceptors (Lipinski definition) is 4. The molecule has 150 valence electrons. The Kier molecular flexibility index (Phi) is 7.04. The highest BCUT2D eigenvalue weighted by Crippen LogP contribution is 2.26. The SMILES string of the molecule is COc1cc(NC(=O)CCNC(=O)c2ccc(C(C)(C)C)cc2)cc(OC)c1. The fourth-order valence-electron chi connectivity index (χ4n) is 2.62. The van der Waals surface area contributed by atoms with Crippen LogP contribution in [0.5, 0.6) is 11.5 Å². The van der Waals surface area contributed by atoms with E-state index >= 15 is 0 Å². The van der Waals surface area contributed by atoms with Crippen LogP contribution in [0.15, 0.2) is 42.5 Å². The second-order valence-electron chi connectivity index (χ2n) is 7.48. The normalized spacial score (nSPS) is 10.9. The first-order valence-corrected chi connectivity index (χ1v) is 9.14. The maximum Gasteiger partial charge on any atom is 0.251 e. The molecule has 2 aromatic carbocycles. The lowest BCUT2D eigenvalue weighted by molar-refractivity contribution is -0.116. The zero-order valence-electron chi connectivity index (χ0n) is 17.1. The summed E-state index contributed by atoms with van der Waals surface area (Å²) in [5.74, 6) is 0.762. The number of amides is 2. The van der Waals surface area contributed by atoms with Crippen LogP contribution in [-0.2, 0) is 10.2 Å². The van der Waals surface area contributed by atoms with Gasteiger partial charge in [-0.2, -0.15) is 0 Å². The molecule has 0 aliphatic heterocycles. The van der Waals surface area contributed by atoms with E-state index in [0.717, 1.165) is 5.56 Å². The Morgan fingerprint density at radius 1 is 0.929 bits per heavy atom. The molecule has 6 nitrogen and oxygen atoms in total. The van der Waals surface area contributed by atoms with Gasteiger partial charge in [-0.25, -0.2) is 0 Å². The maximum absolute atomic E-state index is 12.2. The highest BCUT2D eigenvalue weighted by molar-refractivity contribution is 5.95. The molecule has 0 fully saturated rings. The van der Waals surface area contributed by atoms with Gasteiger partial charge in [0.15, 0.2) is 0 Å². The molecule has 0 aliphatic rings. The third-order valence-corrected chi connectivity index (χ3v) is 4.29. The van der Waals surface area contributed by atoms with Crippen LogP contribution in [0.2, 0.25) is 0 Å². The van der Waals surface area contributed by atoms with E-state index in [-0.39, 0.29) is 30.2 Å². The molecular weight excluding hydrogens is 356 g/mol. The van der Waals surface area contributed by atoms with Crippen molar-refractivity contribution in [1.29, 1.82) is 0 Å². The fourth-order valence-corrected chi connectivity index (χ4v) is 2.62. The number of methoxy groups -OCH3 is 2. The van der Waals surface area contributed by atoms with E-state index in [1.807, 2.05) is 12.1 Å². The lowest BCUT2D eigenvalue weighted by atomic mass is 9.87. The number of carbonyl (C=O) groups excluding carboxylic acids is 2. The third-order valence-electron chi connectivity index (χ3n) is 4.29. The Morgan fingerprint density at radius 3 is 2.00 bits per heavy atom. The van der Waals surface area contributed by atoms with E-state index in [1.54, 1.807) is 44.6 Å². The molecule has 2 aromatic rings. The maximum atomic E-state index is 12.2. The summed E-state index contributed by atoms with van der Waals surface area (Å²) >= 11 is 0. The molecule has 0 spiro atoms. The largest absolute Gasteiger partial charge is 0.497 e. The van der Waals surface area contributed by atoms with Crippen LogP contribution < -0.4 is 20.1 Å². The van der Waals surface area contributed by atoms with Gasteiger partial charge < -0.3 is 20.1 Å². The number of rotatable bonds is 7. The molecule has 0 saturated heterocycles. The van der Waals surface area contributed by atoms with Crippen molar-refractivity contribution in [3.63, 3.8) is 0 Å². The second-order valence-corrected chi connectivity index (χ2v) is 7.48. The lowest BCUT2D eigenvalue weighted by Gasteiger charge is -2.19. The number of carbonyl (C=O) groups is 2. The summed E-state index contributed by atoms with van der Waals surface area (Å²) in [6.07, 6.45) is 0.158. The van der Waals surface area contributed by atoms with Crippen LogP contribution in [-0.4, -0.2) is 32.6 Å². The van der Waals surface area contributed by atoms with E-state index in [1.165, 1.54) is 0 Å². The summed E-state index contributed by atoms with van der Waals surface area (Å²) in [7, 11) is 3.09. The Bertz CT molecular complexity index is 801. The smallest absolute Gasteiger partial charge is 0.251 e. The van der Waals surface area contributed by atoms with Crippen molar-refractivity contribution in [3.05, 3.63) is 53.6 Å². The van der Waals surface area contributed by atoms with Gasteiger partial charge >= 0.3 is 0 Å². The van der Waals surface area contributed by atoms with Crippen LogP contribution in [0.25, 0.3) is 0 Å². The summed E-state index contributed by atoms with van der Waals surface area (Å²) in [6.45, 7) is 6.61. The highest BCUT2D eigenvalue weighted by atomic mass is 16.5. The van der Waals surface area contributed by atoms with Crippen LogP contribution in [0.1, 0.15) is 43.1 Å². The number of ether oxygens (including phenoxy) is 2. The quantitative estimate of drug-likeness (QED) is 0.762. The summed E-state index contributed by atoms with van der Waals surface area (Å²) in [5, 5.41) is 5.55. The predicted octanol–water partition coefficient (Wildman–Crippen LogP) is 3.76. The van der Waals surface area contributed by atoms with Crippen LogP contribution in [0.3, 0.4) is 0 Å². The number of nitrogens with one attached hydrogen (secondary N) is 2. The van der Waals surface area contributed by atoms with Gasteiger partial charge in [0.1, 0.15) is 11.5 Å². The molecule has 0 aromatic heterocycles. The molecule has 0 saturated carbocycles. The zero-order valence-corrected chi connectivity index (χ0v) is 17.1. The second kappa shape index (κ2) is 9.26. The number of benzene rings is 2. The molecule has 0 unspecified atom stereocenters. The lowest BCUT2D eigenvalue weighted by Crippen LogP contribution is -2.27. The molecule has 2 amide bonds. The first kappa shape index (κ1) is 21.3. The van der Waals surface area contributed by atoms with Gasteiger partial charge in [-0.15, -0.1) is 0 Å². The van der Waals surface area contributed by atoms with Crippen LogP contribution >= 0.6 is 0 Å². The third kappa shape index (κ3) is 6.01. The van der Waals surface area contributed by atoms with Gasteiger partial charge in [0, 0.05) is 42.4 Å². The Hall–Kier alpha value is -3.02. The number of anilines is 1. The molecule has 0 radical (unpaired) electrons. The van der Waals surface area contributed by atoms with Gasteiger partial charge in [0.05, 0.1) is 14.2 Å². The Labute approximate surface area is 166 Å². The molecular formula is C22H28N2O4. The minimum atomic E-state index is -0.210. The topological polar surface area (TPSA) is 76.7 Å². The van der Waals surface area contributed by atoms with Crippen molar-refractivity contribution in [3.8, 4) is 11.5 Å². The Morgan fingerprint density at radius 2 is 1.50 bits per heavy atom. The summed E-state index contributed by atoms with van der Waals surface area (Å²) in [5.41, 5.74) is 2.35. The standard InChI is InChI=1S/C22H28N2O4/c1-22(2,3)16-8-6-15(7-9-16)21(26)23-11-10-20(25)24-17-12-18(27-4)14-19(13-17)28-5/h6-9,12-14H,10-11H2,1-5H3,(H,23,26)(H,24,25). The van der Waals surface area contributed by atoms with Gasteiger partial charge in [-0.05, 0) is 23.1 Å². The van der Waals surface area contributed by atoms with Crippen LogP contribution in [0.4, 0.5) is 5.69 Å². The minimum Gasteiger partial charge on any atom is -0.497 e. The average molecular weight is 384 g/mol. The van der Waals surface area contributed by atoms with E-state index in [9.17, 15) is 9.59 Å². The molecule has 28 heavy (non-hydrogen) atoms. The van der Waals surface area contributed by atoms with Crippen LogP contribution in [0, 0.1) is 0 Å². The van der Waals surface area contributed by atoms with Gasteiger partial charge in [-0.3, -0.25) is 9.59 Å². The van der Waals surface area contributed by atoms with Crippen molar-refractivity contribution in [1.82, 2.24) is 5.32 Å². The van der Waals surface area contributed by atoms with E-state index in [2.05, 4.69) is 31.4 Å². The summed E-state index contributed by atoms with van der Waals surface area (Å²) < 4.78 is 10.4.